The van der Waals surface area contributed by atoms with Crippen molar-refractivity contribution < 1.29 is 13.7 Å². The van der Waals surface area contributed by atoms with E-state index in [9.17, 15) is 4.21 Å². The Morgan fingerprint density at radius 1 is 0.750 bits per heavy atom. The third kappa shape index (κ3) is 4.10. The highest BCUT2D eigenvalue weighted by atomic mass is 32.2. The fraction of sp³-hybridized carbons (Fsp3) is 0.250. The molecule has 3 nitrogen and oxygen atoms in total. The van der Waals surface area contributed by atoms with Gasteiger partial charge in [0.2, 0.25) is 0 Å². The third-order valence-electron chi connectivity index (χ3n) is 2.97. The van der Waals surface area contributed by atoms with Crippen LogP contribution in [-0.2, 0) is 22.3 Å². The van der Waals surface area contributed by atoms with Crippen molar-refractivity contribution in [3.05, 3.63) is 59.7 Å². The molecular formula is C16H18O3S. The van der Waals surface area contributed by atoms with Crippen LogP contribution in [0.25, 0.3) is 0 Å². The monoisotopic (exact) mass is 290 g/mol. The molecule has 0 N–H and O–H groups in total. The molecule has 0 radical (unpaired) electrons. The standard InChI is InChI=1S/C16H18O3S/c1-18-15-7-3-13(4-8-15)11-20(17)12-14-5-9-16(19-2)10-6-14/h3-10H,11-12H2,1-2H3. The second-order valence-electron chi connectivity index (χ2n) is 4.42. The third-order valence-corrected chi connectivity index (χ3v) is 4.28. The van der Waals surface area contributed by atoms with Crippen molar-refractivity contribution in [3.63, 3.8) is 0 Å². The molecule has 0 bridgehead atoms. The molecule has 0 atom stereocenters. The molecule has 0 saturated carbocycles. The van der Waals surface area contributed by atoms with E-state index in [0.29, 0.717) is 11.5 Å². The van der Waals surface area contributed by atoms with Gasteiger partial charge in [-0.05, 0) is 35.4 Å². The Hall–Kier alpha value is -1.81. The van der Waals surface area contributed by atoms with E-state index in [1.54, 1.807) is 14.2 Å². The first-order valence-corrected chi connectivity index (χ1v) is 7.81. The minimum absolute atomic E-state index is 0.552. The molecule has 2 aromatic carbocycles. The average Bonchev–Trinajstić information content (AvgIpc) is 2.49. The Morgan fingerprint density at radius 2 is 1.10 bits per heavy atom. The van der Waals surface area contributed by atoms with Crippen LogP contribution in [0, 0.1) is 0 Å². The van der Waals surface area contributed by atoms with Crippen LogP contribution in [0.4, 0.5) is 0 Å². The lowest BCUT2D eigenvalue weighted by Crippen LogP contribution is -1.99. The molecule has 0 amide bonds. The van der Waals surface area contributed by atoms with E-state index in [1.165, 1.54) is 0 Å². The van der Waals surface area contributed by atoms with Gasteiger partial charge in [0, 0.05) is 22.3 Å². The van der Waals surface area contributed by atoms with Crippen LogP contribution in [0.5, 0.6) is 11.5 Å². The summed E-state index contributed by atoms with van der Waals surface area (Å²) >= 11 is 0. The molecule has 106 valence electrons. The molecule has 0 aliphatic carbocycles. The fourth-order valence-electron chi connectivity index (χ4n) is 1.87. The van der Waals surface area contributed by atoms with Crippen molar-refractivity contribution in [3.8, 4) is 11.5 Å². The average molecular weight is 290 g/mol. The summed E-state index contributed by atoms with van der Waals surface area (Å²) in [6, 6.07) is 15.4. The van der Waals surface area contributed by atoms with Gasteiger partial charge in [-0.2, -0.15) is 0 Å². The molecular weight excluding hydrogens is 272 g/mol. The number of rotatable bonds is 6. The lowest BCUT2D eigenvalue weighted by Gasteiger charge is -2.05. The first-order chi connectivity index (χ1) is 9.71. The maximum absolute atomic E-state index is 12.1. The Bertz CT molecular complexity index is 510. The van der Waals surface area contributed by atoms with Gasteiger partial charge in [0.25, 0.3) is 0 Å². The van der Waals surface area contributed by atoms with E-state index in [1.807, 2.05) is 48.5 Å². The summed E-state index contributed by atoms with van der Waals surface area (Å²) in [5.74, 6) is 2.73. The van der Waals surface area contributed by atoms with Crippen molar-refractivity contribution in [2.24, 2.45) is 0 Å². The first-order valence-electron chi connectivity index (χ1n) is 6.32. The smallest absolute Gasteiger partial charge is 0.118 e. The highest BCUT2D eigenvalue weighted by Gasteiger charge is 2.04. The van der Waals surface area contributed by atoms with Gasteiger partial charge in [0.15, 0.2) is 0 Å². The second kappa shape index (κ2) is 7.10. The predicted molar refractivity (Wildman–Crippen MR) is 81.5 cm³/mol. The largest absolute Gasteiger partial charge is 0.497 e. The molecule has 0 saturated heterocycles. The van der Waals surface area contributed by atoms with Crippen LogP contribution in [0.3, 0.4) is 0 Å². The maximum atomic E-state index is 12.1. The lowest BCUT2D eigenvalue weighted by atomic mass is 10.2. The Morgan fingerprint density at radius 3 is 1.40 bits per heavy atom. The van der Waals surface area contributed by atoms with Crippen molar-refractivity contribution in [1.82, 2.24) is 0 Å². The molecule has 4 heteroatoms. The van der Waals surface area contributed by atoms with Crippen LogP contribution in [-0.4, -0.2) is 18.4 Å². The number of hydrogen-bond donors (Lipinski definition) is 0. The fourth-order valence-corrected chi connectivity index (χ4v) is 3.10. The van der Waals surface area contributed by atoms with E-state index in [0.717, 1.165) is 22.6 Å². The molecule has 0 heterocycles. The van der Waals surface area contributed by atoms with E-state index in [4.69, 9.17) is 9.47 Å². The number of methoxy groups -OCH3 is 2. The zero-order chi connectivity index (χ0) is 14.4. The van der Waals surface area contributed by atoms with Crippen molar-refractivity contribution in [1.29, 1.82) is 0 Å². The highest BCUT2D eigenvalue weighted by molar-refractivity contribution is 7.83. The van der Waals surface area contributed by atoms with Gasteiger partial charge >= 0.3 is 0 Å². The minimum atomic E-state index is -0.921. The topological polar surface area (TPSA) is 35.5 Å². The van der Waals surface area contributed by atoms with Gasteiger partial charge in [0.05, 0.1) is 14.2 Å². The molecule has 0 aromatic heterocycles. The zero-order valence-electron chi connectivity index (χ0n) is 11.7. The Kier molecular flexibility index (Phi) is 5.18. The number of hydrogen-bond acceptors (Lipinski definition) is 3. The summed E-state index contributed by atoms with van der Waals surface area (Å²) in [5.41, 5.74) is 2.11. The summed E-state index contributed by atoms with van der Waals surface area (Å²) in [6.45, 7) is 0. The van der Waals surface area contributed by atoms with Crippen LogP contribution >= 0.6 is 0 Å². The van der Waals surface area contributed by atoms with Crippen molar-refractivity contribution in [2.45, 2.75) is 11.5 Å². The predicted octanol–water partition coefficient (Wildman–Crippen LogP) is 3.15. The summed E-state index contributed by atoms with van der Waals surface area (Å²) in [4.78, 5) is 0. The van der Waals surface area contributed by atoms with E-state index in [-0.39, 0.29) is 0 Å². The van der Waals surface area contributed by atoms with Crippen molar-refractivity contribution in [2.75, 3.05) is 14.2 Å². The van der Waals surface area contributed by atoms with Crippen LogP contribution in [0.1, 0.15) is 11.1 Å². The van der Waals surface area contributed by atoms with Crippen molar-refractivity contribution >= 4 is 10.8 Å². The normalized spacial score (nSPS) is 10.6. The molecule has 0 unspecified atom stereocenters. The molecule has 2 rings (SSSR count). The summed E-state index contributed by atoms with van der Waals surface area (Å²) < 4.78 is 22.3. The van der Waals surface area contributed by atoms with Gasteiger partial charge in [-0.15, -0.1) is 0 Å². The van der Waals surface area contributed by atoms with E-state index >= 15 is 0 Å². The Balaban J connectivity index is 1.93. The van der Waals surface area contributed by atoms with Crippen LogP contribution in [0.2, 0.25) is 0 Å². The molecule has 0 fully saturated rings. The zero-order valence-corrected chi connectivity index (χ0v) is 12.5. The lowest BCUT2D eigenvalue weighted by molar-refractivity contribution is 0.414. The highest BCUT2D eigenvalue weighted by Crippen LogP contribution is 2.16. The van der Waals surface area contributed by atoms with E-state index in [2.05, 4.69) is 0 Å². The summed E-state index contributed by atoms with van der Waals surface area (Å²) in [5, 5.41) is 0. The van der Waals surface area contributed by atoms with E-state index < -0.39 is 10.8 Å². The SMILES string of the molecule is COc1ccc(CS(=O)Cc2ccc(OC)cc2)cc1. The molecule has 20 heavy (non-hydrogen) atoms. The molecule has 0 aliphatic heterocycles. The van der Waals surface area contributed by atoms with Gasteiger partial charge in [0.1, 0.15) is 11.5 Å². The second-order valence-corrected chi connectivity index (χ2v) is 5.88. The summed E-state index contributed by atoms with van der Waals surface area (Å²) in [7, 11) is 2.35. The number of benzene rings is 2. The van der Waals surface area contributed by atoms with Gasteiger partial charge in [-0.1, -0.05) is 24.3 Å². The van der Waals surface area contributed by atoms with Crippen LogP contribution < -0.4 is 9.47 Å². The van der Waals surface area contributed by atoms with Gasteiger partial charge < -0.3 is 9.47 Å². The molecule has 2 aromatic rings. The minimum Gasteiger partial charge on any atom is -0.497 e. The molecule has 0 aliphatic rings. The Labute approximate surface area is 122 Å². The summed E-state index contributed by atoms with van der Waals surface area (Å²) in [6.07, 6.45) is 0. The van der Waals surface area contributed by atoms with Crippen LogP contribution in [0.15, 0.2) is 48.5 Å². The van der Waals surface area contributed by atoms with Gasteiger partial charge in [-0.25, -0.2) is 0 Å². The maximum Gasteiger partial charge on any atom is 0.118 e. The quantitative estimate of drug-likeness (QED) is 0.820. The number of ether oxygens (including phenoxy) is 2. The molecule has 0 spiro atoms. The van der Waals surface area contributed by atoms with Gasteiger partial charge in [-0.3, -0.25) is 4.21 Å². The first kappa shape index (κ1) is 14.6.